The third-order valence-corrected chi connectivity index (χ3v) is 9.64. The summed E-state index contributed by atoms with van der Waals surface area (Å²) < 4.78 is 29.8. The Hall–Kier alpha value is -2.33. The SMILES string of the molecule is C=CCN1C(=O)C(=CC=C2N(C)c3ccccc3C2(C)C)SC1=NS(=O)(=O)c1ccc(Cl)s1. The number of para-hydroxylation sites is 1. The number of carbonyl (C=O) groups is 1. The quantitative estimate of drug-likeness (QED) is 0.390. The van der Waals surface area contributed by atoms with Gasteiger partial charge in [-0.2, -0.15) is 8.42 Å². The number of nitrogens with zero attached hydrogens (tertiary/aromatic N) is 3. The second-order valence-corrected chi connectivity index (χ2v) is 12.6. The summed E-state index contributed by atoms with van der Waals surface area (Å²) in [5.74, 6) is -0.314. The van der Waals surface area contributed by atoms with Crippen molar-refractivity contribution in [3.8, 4) is 0 Å². The molecule has 0 unspecified atom stereocenters. The molecule has 0 aliphatic carbocycles. The second-order valence-electron chi connectivity index (χ2n) is 8.00. The van der Waals surface area contributed by atoms with Gasteiger partial charge in [-0.1, -0.05) is 49.7 Å². The zero-order valence-corrected chi connectivity index (χ0v) is 21.5. The first-order valence-corrected chi connectivity index (χ1v) is 13.5. The summed E-state index contributed by atoms with van der Waals surface area (Å²) in [5, 5.41) is 0.0939. The van der Waals surface area contributed by atoms with Crippen LogP contribution in [0.1, 0.15) is 19.4 Å². The molecule has 2 aliphatic heterocycles. The van der Waals surface area contributed by atoms with Crippen LogP contribution in [0.5, 0.6) is 0 Å². The van der Waals surface area contributed by atoms with E-state index in [1.54, 1.807) is 6.08 Å². The summed E-state index contributed by atoms with van der Waals surface area (Å²) >= 11 is 7.84. The van der Waals surface area contributed by atoms with Gasteiger partial charge in [0.25, 0.3) is 15.9 Å². The van der Waals surface area contributed by atoms with Gasteiger partial charge in [0.15, 0.2) is 5.17 Å². The van der Waals surface area contributed by atoms with Crippen LogP contribution in [0.15, 0.2) is 80.4 Å². The van der Waals surface area contributed by atoms with E-state index in [0.29, 0.717) is 9.24 Å². The molecule has 3 heterocycles. The Balaban J connectivity index is 1.70. The van der Waals surface area contributed by atoms with Gasteiger partial charge in [-0.05, 0) is 47.7 Å². The number of allylic oxidation sites excluding steroid dienone is 3. The predicted octanol–water partition coefficient (Wildman–Crippen LogP) is 5.40. The van der Waals surface area contributed by atoms with Gasteiger partial charge < -0.3 is 4.90 Å². The molecule has 1 amide bonds. The van der Waals surface area contributed by atoms with Crippen molar-refractivity contribution in [2.75, 3.05) is 18.5 Å². The number of sulfonamides is 1. The van der Waals surface area contributed by atoms with Crippen LogP contribution in [-0.4, -0.2) is 38.0 Å². The Morgan fingerprint density at radius 1 is 1.18 bits per heavy atom. The fraction of sp³-hybridized carbons (Fsp3) is 0.217. The van der Waals surface area contributed by atoms with Gasteiger partial charge in [-0.25, -0.2) is 0 Å². The minimum absolute atomic E-state index is 0.0262. The fourth-order valence-corrected chi connectivity index (χ4v) is 7.51. The van der Waals surface area contributed by atoms with Crippen molar-refractivity contribution in [3.05, 3.63) is 81.7 Å². The van der Waals surface area contributed by atoms with Gasteiger partial charge in [0, 0.05) is 30.4 Å². The molecule has 0 spiro atoms. The number of fused-ring (bicyclic) bond motifs is 1. The first kappa shape index (κ1) is 23.8. The highest BCUT2D eigenvalue weighted by Gasteiger charge is 2.38. The molecule has 0 N–H and O–H groups in total. The summed E-state index contributed by atoms with van der Waals surface area (Å²) in [4.78, 5) is 16.9. The van der Waals surface area contributed by atoms with Crippen molar-refractivity contribution in [2.24, 2.45) is 4.40 Å². The second kappa shape index (κ2) is 8.79. The molecule has 1 fully saturated rings. The van der Waals surface area contributed by atoms with Gasteiger partial charge in [0.2, 0.25) is 0 Å². The molecule has 0 bridgehead atoms. The molecule has 6 nitrogen and oxygen atoms in total. The molecule has 1 aromatic carbocycles. The molecule has 10 heteroatoms. The number of likely N-dealkylation sites (N-methyl/N-ethyl adjacent to an activating group) is 1. The van der Waals surface area contributed by atoms with Crippen molar-refractivity contribution in [1.82, 2.24) is 4.90 Å². The number of rotatable bonds is 5. The molecular weight excluding hydrogens is 498 g/mol. The molecular formula is C23H22ClN3O3S3. The molecule has 172 valence electrons. The Morgan fingerprint density at radius 3 is 2.55 bits per heavy atom. The Labute approximate surface area is 207 Å². The summed E-state index contributed by atoms with van der Waals surface area (Å²) in [6.07, 6.45) is 5.19. The first-order chi connectivity index (χ1) is 15.6. The Bertz CT molecular complexity index is 1340. The topological polar surface area (TPSA) is 70.1 Å². The molecule has 2 aliphatic rings. The van der Waals surface area contributed by atoms with E-state index in [2.05, 4.69) is 41.9 Å². The molecule has 2 aromatic rings. The molecule has 33 heavy (non-hydrogen) atoms. The van der Waals surface area contributed by atoms with E-state index < -0.39 is 10.0 Å². The number of thiophene rings is 1. The summed E-state index contributed by atoms with van der Waals surface area (Å²) in [7, 11) is -2.00. The van der Waals surface area contributed by atoms with Crippen LogP contribution in [0.4, 0.5) is 5.69 Å². The number of benzene rings is 1. The zero-order valence-electron chi connectivity index (χ0n) is 18.3. The van der Waals surface area contributed by atoms with Gasteiger partial charge in [-0.15, -0.1) is 22.3 Å². The number of hydrogen-bond donors (Lipinski definition) is 0. The molecule has 0 radical (unpaired) electrons. The lowest BCUT2D eigenvalue weighted by molar-refractivity contribution is -0.121. The van der Waals surface area contributed by atoms with Gasteiger partial charge in [0.05, 0.1) is 9.24 Å². The first-order valence-electron chi connectivity index (χ1n) is 10.0. The normalized spacial score (nSPS) is 21.5. The van der Waals surface area contributed by atoms with Crippen LogP contribution in [0, 0.1) is 0 Å². The molecule has 0 atom stereocenters. The van der Waals surface area contributed by atoms with E-state index >= 15 is 0 Å². The maximum Gasteiger partial charge on any atom is 0.294 e. The van der Waals surface area contributed by atoms with Crippen molar-refractivity contribution in [2.45, 2.75) is 23.5 Å². The highest BCUT2D eigenvalue weighted by molar-refractivity contribution is 8.19. The third kappa shape index (κ3) is 4.30. The number of amides is 1. The van der Waals surface area contributed by atoms with Crippen LogP contribution in [0.25, 0.3) is 0 Å². The number of anilines is 1. The van der Waals surface area contributed by atoms with Crippen LogP contribution in [-0.2, 0) is 20.2 Å². The average Bonchev–Trinajstić information content (AvgIpc) is 3.38. The molecule has 4 rings (SSSR count). The van der Waals surface area contributed by atoms with Crippen LogP contribution in [0.2, 0.25) is 4.34 Å². The Morgan fingerprint density at radius 2 is 1.91 bits per heavy atom. The van der Waals surface area contributed by atoms with Gasteiger partial charge in [-0.3, -0.25) is 9.69 Å². The minimum atomic E-state index is -3.99. The van der Waals surface area contributed by atoms with E-state index in [1.807, 2.05) is 25.3 Å². The fourth-order valence-electron chi connectivity index (χ4n) is 3.92. The highest BCUT2D eigenvalue weighted by atomic mass is 35.5. The number of carbonyl (C=O) groups excluding carboxylic acids is 1. The summed E-state index contributed by atoms with van der Waals surface area (Å²) in [6.45, 7) is 8.10. The van der Waals surface area contributed by atoms with Gasteiger partial charge in [0.1, 0.15) is 4.21 Å². The largest absolute Gasteiger partial charge is 0.347 e. The zero-order chi connectivity index (χ0) is 24.0. The number of thioether (sulfide) groups is 1. The van der Waals surface area contributed by atoms with Crippen molar-refractivity contribution in [1.29, 1.82) is 0 Å². The predicted molar refractivity (Wildman–Crippen MR) is 137 cm³/mol. The van der Waals surface area contributed by atoms with Crippen LogP contribution in [0.3, 0.4) is 0 Å². The smallest absolute Gasteiger partial charge is 0.294 e. The van der Waals surface area contributed by atoms with Gasteiger partial charge >= 0.3 is 0 Å². The summed E-state index contributed by atoms with van der Waals surface area (Å²) in [6, 6.07) is 11.1. The average molecular weight is 520 g/mol. The molecule has 1 saturated heterocycles. The van der Waals surface area contributed by atoms with Crippen molar-refractivity contribution in [3.63, 3.8) is 0 Å². The van der Waals surface area contributed by atoms with E-state index in [1.165, 1.54) is 28.7 Å². The molecule has 1 aromatic heterocycles. The van der Waals surface area contributed by atoms with E-state index in [4.69, 9.17) is 11.6 Å². The maximum absolute atomic E-state index is 13.1. The van der Waals surface area contributed by atoms with E-state index in [-0.39, 0.29) is 27.2 Å². The van der Waals surface area contributed by atoms with Crippen LogP contribution >= 0.6 is 34.7 Å². The van der Waals surface area contributed by atoms with Crippen molar-refractivity contribution < 1.29 is 13.2 Å². The number of amidine groups is 1. The maximum atomic E-state index is 13.1. The molecule has 0 saturated carbocycles. The highest BCUT2D eigenvalue weighted by Crippen LogP contribution is 2.47. The van der Waals surface area contributed by atoms with Crippen molar-refractivity contribution >= 4 is 61.5 Å². The lowest BCUT2D eigenvalue weighted by Crippen LogP contribution is -2.29. The standard InChI is InChI=1S/C23H22ClN3O3S3/c1-5-14-27-21(28)17(31-22(27)25-33(29,30)20-13-12-19(24)32-20)10-11-18-23(2,3)15-8-6-7-9-16(15)26(18)4/h5-13H,1,14H2,2-4H3. The monoisotopic (exact) mass is 519 g/mol. The lowest BCUT2D eigenvalue weighted by atomic mass is 9.84. The number of halogens is 1. The number of hydrogen-bond acceptors (Lipinski definition) is 6. The van der Waals surface area contributed by atoms with E-state index in [0.717, 1.165) is 34.5 Å². The minimum Gasteiger partial charge on any atom is -0.347 e. The lowest BCUT2D eigenvalue weighted by Gasteiger charge is -2.23. The van der Waals surface area contributed by atoms with Crippen LogP contribution < -0.4 is 4.90 Å². The summed E-state index contributed by atoms with van der Waals surface area (Å²) in [5.41, 5.74) is 3.12. The Kier molecular flexibility index (Phi) is 6.34. The third-order valence-electron chi connectivity index (χ3n) is 5.53. The van der Waals surface area contributed by atoms with E-state index in [9.17, 15) is 13.2 Å².